The standard InChI is InChI=1S/C77H60N2/c1-76(2)67-32-18-15-29-61(67)65-49-59(41-43-68(65)76)78(56-23-9-4-10-24-56)72-48-55(51-37-39-53(40-38-51)64-46-50-35-36-54(64)45-50)47-66-62-30-16-19-33-69(62)77(74(66)72)70-34-20-17-31-63(70)73-71(77)44-42-60(52-21-7-3-8-22-52)75(73)79(57-25-11-5-12-26-57)58-27-13-6-14-28-58/h3-34,37-44,47-50,54,64H,35-36,45-46H2,1-2H3. The summed E-state index contributed by atoms with van der Waals surface area (Å²) in [5, 5.41) is 0. The Bertz CT molecular complexity index is 4140. The third-order valence-corrected chi connectivity index (χ3v) is 19.1. The summed E-state index contributed by atoms with van der Waals surface area (Å²) in [6.07, 6.45) is 5.54. The molecule has 11 aromatic carbocycles. The predicted molar refractivity (Wildman–Crippen MR) is 329 cm³/mol. The van der Waals surface area contributed by atoms with E-state index in [0.717, 1.165) is 34.6 Å². The van der Waals surface area contributed by atoms with E-state index >= 15 is 0 Å². The molecular weight excluding hydrogens is 953 g/mol. The summed E-state index contributed by atoms with van der Waals surface area (Å²) in [4.78, 5) is 5.12. The zero-order valence-corrected chi connectivity index (χ0v) is 44.8. The van der Waals surface area contributed by atoms with Gasteiger partial charge in [0.15, 0.2) is 0 Å². The molecule has 2 heteroatoms. The second-order valence-corrected chi connectivity index (χ2v) is 23.5. The molecule has 16 rings (SSSR count). The minimum Gasteiger partial charge on any atom is -0.310 e. The van der Waals surface area contributed by atoms with E-state index in [1.54, 1.807) is 0 Å². The Morgan fingerprint density at radius 1 is 0.354 bits per heavy atom. The Morgan fingerprint density at radius 2 is 0.899 bits per heavy atom. The molecular formula is C77H60N2. The highest BCUT2D eigenvalue weighted by atomic mass is 15.2. The van der Waals surface area contributed by atoms with Crippen LogP contribution < -0.4 is 9.80 Å². The van der Waals surface area contributed by atoms with E-state index in [0.29, 0.717) is 5.92 Å². The van der Waals surface area contributed by atoms with Gasteiger partial charge >= 0.3 is 0 Å². The van der Waals surface area contributed by atoms with Crippen molar-refractivity contribution in [3.05, 3.63) is 300 Å². The van der Waals surface area contributed by atoms with E-state index in [9.17, 15) is 0 Å². The number of hydrogen-bond acceptors (Lipinski definition) is 2. The monoisotopic (exact) mass is 1010 g/mol. The molecule has 0 N–H and O–H groups in total. The Morgan fingerprint density at radius 3 is 1.53 bits per heavy atom. The van der Waals surface area contributed by atoms with Crippen LogP contribution in [0.25, 0.3) is 55.6 Å². The number of para-hydroxylation sites is 3. The van der Waals surface area contributed by atoms with Crippen molar-refractivity contribution >= 4 is 34.1 Å². The highest BCUT2D eigenvalue weighted by molar-refractivity contribution is 6.08. The zero-order chi connectivity index (χ0) is 52.4. The van der Waals surface area contributed by atoms with Gasteiger partial charge in [-0.15, -0.1) is 0 Å². The zero-order valence-electron chi connectivity index (χ0n) is 44.8. The molecule has 5 aliphatic rings. The Labute approximate surface area is 465 Å². The lowest BCUT2D eigenvalue weighted by atomic mass is 9.69. The van der Waals surface area contributed by atoms with Crippen LogP contribution in [0, 0.1) is 11.8 Å². The lowest BCUT2D eigenvalue weighted by Crippen LogP contribution is -2.28. The fourth-order valence-electron chi connectivity index (χ4n) is 15.7. The van der Waals surface area contributed by atoms with Crippen LogP contribution in [0.2, 0.25) is 0 Å². The summed E-state index contributed by atoms with van der Waals surface area (Å²) in [7, 11) is 0. The first-order chi connectivity index (χ1) is 38.9. The van der Waals surface area contributed by atoms with Crippen molar-refractivity contribution in [2.45, 2.75) is 56.3 Å². The van der Waals surface area contributed by atoms with Crippen molar-refractivity contribution < 1.29 is 0 Å². The minimum atomic E-state index is -0.723. The second kappa shape index (κ2) is 17.8. The molecule has 11 aromatic rings. The van der Waals surface area contributed by atoms with Crippen molar-refractivity contribution in [1.82, 2.24) is 0 Å². The smallest absolute Gasteiger partial charge is 0.0746 e. The van der Waals surface area contributed by atoms with Crippen LogP contribution in [0.15, 0.2) is 261 Å². The van der Waals surface area contributed by atoms with Gasteiger partial charge in [-0.25, -0.2) is 0 Å². The molecule has 0 radical (unpaired) electrons. The van der Waals surface area contributed by atoms with Crippen molar-refractivity contribution in [2.75, 3.05) is 9.80 Å². The number of benzene rings is 11. The molecule has 5 aliphatic carbocycles. The van der Waals surface area contributed by atoms with E-state index < -0.39 is 5.41 Å². The molecule has 1 spiro atoms. The third kappa shape index (κ3) is 6.83. The summed E-state index contributed by atoms with van der Waals surface area (Å²) >= 11 is 0. The minimum absolute atomic E-state index is 0.125. The number of hydrogen-bond donors (Lipinski definition) is 0. The maximum atomic E-state index is 2.61. The highest BCUT2D eigenvalue weighted by Crippen LogP contribution is 2.68. The Kier molecular flexibility index (Phi) is 10.4. The fraction of sp³-hybridized carbons (Fsp3) is 0.143. The number of nitrogens with zero attached hydrogens (tertiary/aromatic N) is 2. The van der Waals surface area contributed by atoms with Crippen molar-refractivity contribution in [3.63, 3.8) is 0 Å². The topological polar surface area (TPSA) is 6.48 Å². The summed E-state index contributed by atoms with van der Waals surface area (Å²) in [6, 6.07) is 99.1. The summed E-state index contributed by atoms with van der Waals surface area (Å²) in [5.74, 6) is 2.40. The number of fused-ring (bicyclic) bond motifs is 15. The molecule has 378 valence electrons. The van der Waals surface area contributed by atoms with Crippen molar-refractivity contribution in [3.8, 4) is 55.6 Å². The molecule has 4 atom stereocenters. The van der Waals surface area contributed by atoms with Crippen LogP contribution >= 0.6 is 0 Å². The number of anilines is 6. The third-order valence-electron chi connectivity index (χ3n) is 19.1. The molecule has 2 nitrogen and oxygen atoms in total. The molecule has 4 unspecified atom stereocenters. The van der Waals surface area contributed by atoms with Crippen molar-refractivity contribution in [1.29, 1.82) is 0 Å². The average Bonchev–Trinajstić information content (AvgIpc) is 2.93. The maximum absolute atomic E-state index is 2.61. The van der Waals surface area contributed by atoms with Crippen LogP contribution in [-0.2, 0) is 10.8 Å². The van der Waals surface area contributed by atoms with Gasteiger partial charge in [0.1, 0.15) is 0 Å². The maximum Gasteiger partial charge on any atom is 0.0746 e. The first-order valence-electron chi connectivity index (χ1n) is 28.7. The van der Waals surface area contributed by atoms with E-state index in [1.807, 2.05) is 0 Å². The van der Waals surface area contributed by atoms with Crippen LogP contribution in [0.3, 0.4) is 0 Å². The fourth-order valence-corrected chi connectivity index (χ4v) is 15.7. The van der Waals surface area contributed by atoms with Gasteiger partial charge in [0.2, 0.25) is 0 Å². The van der Waals surface area contributed by atoms with Gasteiger partial charge in [0.05, 0.1) is 16.8 Å². The molecule has 0 amide bonds. The SMILES string of the molecule is CC1(C)c2ccccc2-c2cc(N(c3ccccc3)c3cc(-c4ccc(C5CC6CCC5C6)cc4)cc4c3C3(c5ccccc5-4)c4ccccc4-c4c3ccc(-c3ccccc3)c4N(c3ccccc3)c3ccccc3)ccc21. The Balaban J connectivity index is 1.02. The predicted octanol–water partition coefficient (Wildman–Crippen LogP) is 20.5. The van der Waals surface area contributed by atoms with Gasteiger partial charge in [-0.05, 0) is 176 Å². The quantitative estimate of drug-likeness (QED) is 0.142. The summed E-state index contributed by atoms with van der Waals surface area (Å²) < 4.78 is 0. The van der Waals surface area contributed by atoms with E-state index in [4.69, 9.17) is 0 Å². The van der Waals surface area contributed by atoms with Gasteiger partial charge in [0.25, 0.3) is 0 Å². The van der Waals surface area contributed by atoms with Crippen LogP contribution in [0.5, 0.6) is 0 Å². The van der Waals surface area contributed by atoms with Crippen LogP contribution in [0.4, 0.5) is 34.1 Å². The average molecular weight is 1010 g/mol. The first-order valence-corrected chi connectivity index (χ1v) is 28.7. The molecule has 0 saturated heterocycles. The highest BCUT2D eigenvalue weighted by Gasteiger charge is 2.55. The number of rotatable bonds is 9. The lowest BCUT2D eigenvalue weighted by molar-refractivity contribution is 0.420. The van der Waals surface area contributed by atoms with Gasteiger partial charge in [-0.2, -0.15) is 0 Å². The molecule has 79 heavy (non-hydrogen) atoms. The molecule has 0 aromatic heterocycles. The first kappa shape index (κ1) is 46.1. The molecule has 2 saturated carbocycles. The van der Waals surface area contributed by atoms with Gasteiger partial charge in [0, 0.05) is 44.9 Å². The van der Waals surface area contributed by atoms with Gasteiger partial charge in [-0.1, -0.05) is 220 Å². The van der Waals surface area contributed by atoms with Crippen LogP contribution in [0.1, 0.15) is 84.4 Å². The molecule has 0 heterocycles. The largest absolute Gasteiger partial charge is 0.310 e. The summed E-state index contributed by atoms with van der Waals surface area (Å²) in [5.41, 5.74) is 27.9. The van der Waals surface area contributed by atoms with E-state index in [2.05, 4.69) is 285 Å². The van der Waals surface area contributed by atoms with Gasteiger partial charge in [-0.3, -0.25) is 0 Å². The van der Waals surface area contributed by atoms with E-state index in [-0.39, 0.29) is 5.41 Å². The lowest BCUT2D eigenvalue weighted by Gasteiger charge is -2.37. The summed E-state index contributed by atoms with van der Waals surface area (Å²) in [6.45, 7) is 4.77. The van der Waals surface area contributed by atoms with E-state index in [1.165, 1.54) is 132 Å². The van der Waals surface area contributed by atoms with Crippen molar-refractivity contribution in [2.24, 2.45) is 11.8 Å². The molecule has 2 bridgehead atoms. The molecule has 2 fully saturated rings. The normalized spacial score (nSPS) is 19.1. The van der Waals surface area contributed by atoms with Crippen LogP contribution in [-0.4, -0.2) is 0 Å². The van der Waals surface area contributed by atoms with Gasteiger partial charge < -0.3 is 9.80 Å². The molecule has 0 aliphatic heterocycles. The Hall–Kier alpha value is -8.98. The second-order valence-electron chi connectivity index (χ2n) is 23.5.